The molecular formula is C12H8BrClO3S. The molecule has 0 saturated carbocycles. The number of carboxylic acid groups (broad SMARTS) is 1. The molecule has 0 bridgehead atoms. The molecule has 2 rings (SSSR count). The fourth-order valence-electron chi connectivity index (χ4n) is 1.37. The van der Waals surface area contributed by atoms with Gasteiger partial charge in [-0.2, -0.15) is 0 Å². The van der Waals surface area contributed by atoms with Crippen LogP contribution in [0.25, 0.3) is 0 Å². The number of carboxylic acids is 1. The molecule has 0 atom stereocenters. The highest BCUT2D eigenvalue weighted by Crippen LogP contribution is 2.27. The van der Waals surface area contributed by atoms with Crippen LogP contribution >= 0.6 is 38.9 Å². The molecule has 1 heterocycles. The first-order chi connectivity index (χ1) is 8.56. The predicted molar refractivity (Wildman–Crippen MR) is 74.8 cm³/mol. The smallest absolute Gasteiger partial charge is 0.339 e. The van der Waals surface area contributed by atoms with Crippen molar-refractivity contribution in [3.8, 4) is 5.75 Å². The molecule has 0 aliphatic heterocycles. The number of hydrogen-bond donors (Lipinski definition) is 1. The molecule has 94 valence electrons. The number of halogens is 2. The van der Waals surface area contributed by atoms with Crippen LogP contribution in [0.1, 0.15) is 15.2 Å². The maximum Gasteiger partial charge on any atom is 0.339 e. The predicted octanol–water partition coefficient (Wildman–Crippen LogP) is 4.44. The average molecular weight is 348 g/mol. The van der Waals surface area contributed by atoms with Crippen molar-refractivity contribution in [1.29, 1.82) is 0 Å². The van der Waals surface area contributed by atoms with E-state index in [0.717, 1.165) is 8.66 Å². The van der Waals surface area contributed by atoms with Crippen molar-refractivity contribution in [2.24, 2.45) is 0 Å². The van der Waals surface area contributed by atoms with Gasteiger partial charge in [-0.05, 0) is 46.3 Å². The molecule has 3 nitrogen and oxygen atoms in total. The minimum atomic E-state index is -1.03. The van der Waals surface area contributed by atoms with E-state index in [2.05, 4.69) is 15.9 Å². The molecule has 18 heavy (non-hydrogen) atoms. The van der Waals surface area contributed by atoms with Gasteiger partial charge in [0.1, 0.15) is 17.9 Å². The number of aromatic carboxylic acids is 1. The van der Waals surface area contributed by atoms with Gasteiger partial charge in [0.2, 0.25) is 0 Å². The van der Waals surface area contributed by atoms with E-state index in [1.807, 2.05) is 12.1 Å². The maximum atomic E-state index is 11.0. The largest absolute Gasteiger partial charge is 0.487 e. The van der Waals surface area contributed by atoms with Crippen molar-refractivity contribution in [1.82, 2.24) is 0 Å². The van der Waals surface area contributed by atoms with E-state index < -0.39 is 5.97 Å². The zero-order chi connectivity index (χ0) is 13.1. The van der Waals surface area contributed by atoms with Crippen molar-refractivity contribution < 1.29 is 14.6 Å². The van der Waals surface area contributed by atoms with Crippen LogP contribution < -0.4 is 4.74 Å². The summed E-state index contributed by atoms with van der Waals surface area (Å²) in [7, 11) is 0. The standard InChI is InChI=1S/C12H8BrClO3S/c13-11-4-2-8(18-11)6-17-10-5-7(14)1-3-9(10)12(15)16/h1-5H,6H2,(H,15,16). The second kappa shape index (κ2) is 5.73. The molecule has 0 amide bonds. The van der Waals surface area contributed by atoms with Crippen LogP contribution in [0.15, 0.2) is 34.1 Å². The summed E-state index contributed by atoms with van der Waals surface area (Å²) < 4.78 is 6.51. The number of benzene rings is 1. The van der Waals surface area contributed by atoms with Crippen LogP contribution in [0.5, 0.6) is 5.75 Å². The van der Waals surface area contributed by atoms with Gasteiger partial charge in [0, 0.05) is 9.90 Å². The van der Waals surface area contributed by atoms with Crippen molar-refractivity contribution >= 4 is 44.8 Å². The number of carbonyl (C=O) groups is 1. The average Bonchev–Trinajstić information content (AvgIpc) is 2.72. The number of hydrogen-bond acceptors (Lipinski definition) is 3. The van der Waals surface area contributed by atoms with E-state index in [0.29, 0.717) is 11.6 Å². The topological polar surface area (TPSA) is 46.5 Å². The van der Waals surface area contributed by atoms with Crippen molar-refractivity contribution in [3.05, 3.63) is 49.6 Å². The molecule has 0 spiro atoms. The van der Waals surface area contributed by atoms with E-state index in [1.54, 1.807) is 0 Å². The fourth-order valence-corrected chi connectivity index (χ4v) is 2.93. The lowest BCUT2D eigenvalue weighted by Crippen LogP contribution is -2.02. The van der Waals surface area contributed by atoms with Gasteiger partial charge in [-0.3, -0.25) is 0 Å². The van der Waals surface area contributed by atoms with Gasteiger partial charge in [-0.25, -0.2) is 4.79 Å². The Kier molecular flexibility index (Phi) is 4.27. The van der Waals surface area contributed by atoms with Crippen molar-refractivity contribution in [3.63, 3.8) is 0 Å². The molecule has 0 saturated heterocycles. The Hall–Kier alpha value is -1.04. The second-order valence-electron chi connectivity index (χ2n) is 3.44. The molecule has 0 unspecified atom stereocenters. The van der Waals surface area contributed by atoms with Gasteiger partial charge < -0.3 is 9.84 Å². The first-order valence-electron chi connectivity index (χ1n) is 4.96. The van der Waals surface area contributed by atoms with Crippen LogP contribution in [0.4, 0.5) is 0 Å². The Morgan fingerprint density at radius 3 is 2.78 bits per heavy atom. The zero-order valence-corrected chi connectivity index (χ0v) is 12.2. The van der Waals surface area contributed by atoms with Crippen molar-refractivity contribution in [2.45, 2.75) is 6.61 Å². The molecule has 0 radical (unpaired) electrons. The van der Waals surface area contributed by atoms with E-state index in [-0.39, 0.29) is 11.3 Å². The minimum Gasteiger partial charge on any atom is -0.487 e. The molecule has 0 aliphatic carbocycles. The molecular weight excluding hydrogens is 340 g/mol. The normalized spacial score (nSPS) is 10.3. The Morgan fingerprint density at radius 2 is 2.17 bits per heavy atom. The SMILES string of the molecule is O=C(O)c1ccc(Cl)cc1OCc1ccc(Br)s1. The highest BCUT2D eigenvalue weighted by atomic mass is 79.9. The Balaban J connectivity index is 2.17. The summed E-state index contributed by atoms with van der Waals surface area (Å²) >= 11 is 10.7. The van der Waals surface area contributed by atoms with Gasteiger partial charge >= 0.3 is 5.97 Å². The molecule has 0 aliphatic rings. The summed E-state index contributed by atoms with van der Waals surface area (Å²) in [5.41, 5.74) is 0.107. The van der Waals surface area contributed by atoms with E-state index in [1.165, 1.54) is 29.5 Å². The third-order valence-electron chi connectivity index (χ3n) is 2.17. The van der Waals surface area contributed by atoms with Gasteiger partial charge in [-0.1, -0.05) is 11.6 Å². The van der Waals surface area contributed by atoms with Gasteiger partial charge in [0.25, 0.3) is 0 Å². The van der Waals surface area contributed by atoms with E-state index in [4.69, 9.17) is 21.4 Å². The van der Waals surface area contributed by atoms with Gasteiger partial charge in [0.15, 0.2) is 0 Å². The van der Waals surface area contributed by atoms with Gasteiger partial charge in [0.05, 0.1) is 3.79 Å². The Labute approximate surface area is 121 Å². The minimum absolute atomic E-state index is 0.107. The third-order valence-corrected chi connectivity index (χ3v) is 4.01. The Morgan fingerprint density at radius 1 is 1.39 bits per heavy atom. The fraction of sp³-hybridized carbons (Fsp3) is 0.0833. The van der Waals surface area contributed by atoms with Crippen LogP contribution in [0.3, 0.4) is 0 Å². The lowest BCUT2D eigenvalue weighted by molar-refractivity contribution is 0.0692. The summed E-state index contributed by atoms with van der Waals surface area (Å²) in [6.07, 6.45) is 0. The monoisotopic (exact) mass is 346 g/mol. The summed E-state index contributed by atoms with van der Waals surface area (Å²) in [5.74, 6) is -0.756. The molecule has 2 aromatic rings. The van der Waals surface area contributed by atoms with Crippen LogP contribution in [-0.2, 0) is 6.61 Å². The number of thiophene rings is 1. The number of rotatable bonds is 4. The van der Waals surface area contributed by atoms with E-state index in [9.17, 15) is 4.79 Å². The lowest BCUT2D eigenvalue weighted by atomic mass is 10.2. The third kappa shape index (κ3) is 3.25. The summed E-state index contributed by atoms with van der Waals surface area (Å²) in [6, 6.07) is 8.30. The van der Waals surface area contributed by atoms with Crippen LogP contribution in [0.2, 0.25) is 5.02 Å². The maximum absolute atomic E-state index is 11.0. The van der Waals surface area contributed by atoms with Crippen LogP contribution in [0, 0.1) is 0 Å². The molecule has 0 fully saturated rings. The van der Waals surface area contributed by atoms with Gasteiger partial charge in [-0.15, -0.1) is 11.3 Å². The molecule has 1 aromatic heterocycles. The molecule has 1 N–H and O–H groups in total. The first kappa shape index (κ1) is 13.4. The molecule has 6 heteroatoms. The summed E-state index contributed by atoms with van der Waals surface area (Å²) in [5, 5.41) is 9.48. The summed E-state index contributed by atoms with van der Waals surface area (Å²) in [6.45, 7) is 0.316. The summed E-state index contributed by atoms with van der Waals surface area (Å²) in [4.78, 5) is 12.0. The zero-order valence-electron chi connectivity index (χ0n) is 9.02. The van der Waals surface area contributed by atoms with Crippen LogP contribution in [-0.4, -0.2) is 11.1 Å². The second-order valence-corrected chi connectivity index (χ2v) is 6.42. The quantitative estimate of drug-likeness (QED) is 0.889. The van der Waals surface area contributed by atoms with Crippen molar-refractivity contribution in [2.75, 3.05) is 0 Å². The Bertz CT molecular complexity index is 582. The molecule has 1 aromatic carbocycles. The highest BCUT2D eigenvalue weighted by molar-refractivity contribution is 9.11. The lowest BCUT2D eigenvalue weighted by Gasteiger charge is -2.08. The number of ether oxygens (including phenoxy) is 1. The first-order valence-corrected chi connectivity index (χ1v) is 6.95. The van der Waals surface area contributed by atoms with E-state index >= 15 is 0 Å². The highest BCUT2D eigenvalue weighted by Gasteiger charge is 2.12.